The molecule has 2 aliphatic heterocycles. The number of methoxy groups -OCH3 is 1. The summed E-state index contributed by atoms with van der Waals surface area (Å²) in [5.41, 5.74) is 8.38. The highest BCUT2D eigenvalue weighted by atomic mass is 19.2. The van der Waals surface area contributed by atoms with E-state index < -0.39 is 47.1 Å². The van der Waals surface area contributed by atoms with Crippen LogP contribution >= 0.6 is 0 Å². The van der Waals surface area contributed by atoms with E-state index in [1.165, 1.54) is 37.6 Å². The zero-order chi connectivity index (χ0) is 41.7. The minimum atomic E-state index is -0.974. The highest BCUT2D eigenvalue weighted by Gasteiger charge is 2.30. The fourth-order valence-electron chi connectivity index (χ4n) is 6.82. The Morgan fingerprint density at radius 1 is 0.655 bits per heavy atom. The van der Waals surface area contributed by atoms with Crippen molar-refractivity contribution in [1.29, 1.82) is 0 Å². The molecule has 8 rings (SSSR count). The first-order valence-corrected chi connectivity index (χ1v) is 17.7. The Labute approximate surface area is 325 Å². The van der Waals surface area contributed by atoms with Crippen molar-refractivity contribution in [2.45, 2.75) is 45.2 Å². The topological polar surface area (TPSA) is 131 Å². The Balaban J connectivity index is 0.000000165. The van der Waals surface area contributed by atoms with E-state index in [0.717, 1.165) is 42.1 Å². The second-order valence-electron chi connectivity index (χ2n) is 13.4. The zero-order valence-corrected chi connectivity index (χ0v) is 30.5. The molecule has 0 bridgehead atoms. The van der Waals surface area contributed by atoms with Gasteiger partial charge in [-0.2, -0.15) is 37.7 Å². The van der Waals surface area contributed by atoms with Gasteiger partial charge in [-0.25, -0.2) is 17.6 Å². The average molecular weight is 812 g/mol. The van der Waals surface area contributed by atoms with Crippen LogP contribution in [0.5, 0.6) is 0 Å². The van der Waals surface area contributed by atoms with Crippen LogP contribution in [0.15, 0.2) is 73.1 Å². The Kier molecular flexibility index (Phi) is 12.6. The van der Waals surface area contributed by atoms with Crippen molar-refractivity contribution in [3.8, 4) is 22.3 Å². The number of esters is 1. The third kappa shape index (κ3) is 9.73. The van der Waals surface area contributed by atoms with E-state index in [1.807, 2.05) is 0 Å². The van der Waals surface area contributed by atoms with Gasteiger partial charge in [-0.3, -0.25) is 19.0 Å². The number of carbonyl (C=O) groups excluding carboxylic acids is 2. The second-order valence-corrected chi connectivity index (χ2v) is 13.4. The summed E-state index contributed by atoms with van der Waals surface area (Å²) in [4.78, 5) is 30.2. The zero-order valence-electron chi connectivity index (χ0n) is 30.5. The number of anilines is 1. The monoisotopic (exact) mass is 811 g/mol. The molecule has 2 atom stereocenters. The lowest BCUT2D eigenvalue weighted by Gasteiger charge is -2.23. The number of nitrogens with zero attached hydrogens (tertiary/aromatic N) is 6. The normalized spacial score (nSPS) is 15.5. The van der Waals surface area contributed by atoms with Gasteiger partial charge in [0.1, 0.15) is 29.1 Å². The number of ketones is 1. The minimum Gasteiger partial charge on any atom is -0.469 e. The molecule has 302 valence electrons. The van der Waals surface area contributed by atoms with Gasteiger partial charge in [-0.15, -0.1) is 0 Å². The van der Waals surface area contributed by atoms with Crippen molar-refractivity contribution >= 4 is 17.4 Å². The third-order valence-corrected chi connectivity index (χ3v) is 9.57. The van der Waals surface area contributed by atoms with Gasteiger partial charge in [0.05, 0.1) is 25.4 Å². The SMILES string of the molecule is COC(=O)C1CCn2ncc(-c3ccc(F)cc3F)c2C1.Nc1cc(F)nc(F)c1.O=C(Cc1cc(F)nc(F)c1)C1CCn2ncc(-c3ccc(F)cc3F)c2C1. The lowest BCUT2D eigenvalue weighted by atomic mass is 9.87. The van der Waals surface area contributed by atoms with Gasteiger partial charge >= 0.3 is 5.97 Å². The molecule has 18 heteroatoms. The number of halogens is 8. The smallest absolute Gasteiger partial charge is 0.309 e. The number of benzene rings is 2. The molecule has 0 saturated carbocycles. The van der Waals surface area contributed by atoms with Crippen LogP contribution in [0.4, 0.5) is 40.8 Å². The quantitative estimate of drug-likeness (QED) is 0.105. The first-order chi connectivity index (χ1) is 27.7. The van der Waals surface area contributed by atoms with Gasteiger partial charge in [-0.05, 0) is 61.2 Å². The van der Waals surface area contributed by atoms with E-state index in [0.29, 0.717) is 61.2 Å². The van der Waals surface area contributed by atoms with Crippen molar-refractivity contribution in [2.75, 3.05) is 12.8 Å². The fourth-order valence-corrected chi connectivity index (χ4v) is 6.82. The number of aromatic nitrogens is 6. The van der Waals surface area contributed by atoms with Crippen molar-refractivity contribution in [2.24, 2.45) is 11.8 Å². The summed E-state index contributed by atoms with van der Waals surface area (Å²) in [6, 6.07) is 10.7. The van der Waals surface area contributed by atoms with Gasteiger partial charge in [0, 0.05) is 95.4 Å². The molecule has 6 aromatic rings. The van der Waals surface area contributed by atoms with Crippen molar-refractivity contribution in [3.05, 3.63) is 137 Å². The number of rotatable bonds is 6. The molecule has 4 aromatic heterocycles. The molecule has 2 aliphatic rings. The van der Waals surface area contributed by atoms with E-state index in [2.05, 4.69) is 20.2 Å². The molecule has 2 aromatic carbocycles. The average Bonchev–Trinajstić information content (AvgIpc) is 3.78. The standard InChI is InChI=1S/C20H15F4N3O.C15H14F2N2O2.C5H4F2N2/c21-13-1-2-14(16(22)9-13)15-10-25-27-4-3-12(8-17(15)27)18(28)5-11-6-19(23)26-20(24)7-11;1-21-15(20)9-4-5-19-14(6-9)12(8-18-19)11-3-2-10(16)7-13(11)17;6-4-1-3(8)2-5(7)9-4/h1-2,6-7,9-10,12H,3-5,8H2;2-3,7-9H,4-6H2,1H3;1-2H,(H2,8,9). The number of fused-ring (bicyclic) bond motifs is 2. The summed E-state index contributed by atoms with van der Waals surface area (Å²) < 4.78 is 113. The number of nitrogens with two attached hydrogens (primary N) is 1. The maximum absolute atomic E-state index is 14.2. The summed E-state index contributed by atoms with van der Waals surface area (Å²) in [6.45, 7) is 1.05. The van der Waals surface area contributed by atoms with Crippen LogP contribution < -0.4 is 5.73 Å². The maximum atomic E-state index is 14.2. The summed E-state index contributed by atoms with van der Waals surface area (Å²) in [5.74, 6) is -7.43. The molecule has 0 aliphatic carbocycles. The molecule has 0 fully saturated rings. The van der Waals surface area contributed by atoms with Gasteiger partial charge in [-0.1, -0.05) is 0 Å². The van der Waals surface area contributed by atoms with Crippen LogP contribution in [-0.4, -0.2) is 48.4 Å². The number of Topliss-reactive ketones (excluding diaryl/α,β-unsaturated/α-hetero) is 1. The number of carbonyl (C=O) groups is 2. The molecule has 2 unspecified atom stereocenters. The lowest BCUT2D eigenvalue weighted by molar-refractivity contribution is -0.146. The van der Waals surface area contributed by atoms with Crippen molar-refractivity contribution in [3.63, 3.8) is 0 Å². The van der Waals surface area contributed by atoms with Crippen LogP contribution in [0.25, 0.3) is 22.3 Å². The van der Waals surface area contributed by atoms with Gasteiger partial charge in [0.15, 0.2) is 0 Å². The van der Waals surface area contributed by atoms with E-state index >= 15 is 0 Å². The Morgan fingerprint density at radius 2 is 1.10 bits per heavy atom. The highest BCUT2D eigenvalue weighted by Crippen LogP contribution is 2.34. The van der Waals surface area contributed by atoms with E-state index in [1.54, 1.807) is 15.6 Å². The maximum Gasteiger partial charge on any atom is 0.309 e. The van der Waals surface area contributed by atoms with E-state index in [4.69, 9.17) is 10.5 Å². The Hall–Kier alpha value is -6.46. The summed E-state index contributed by atoms with van der Waals surface area (Å²) in [6.07, 6.45) is 4.88. The highest BCUT2D eigenvalue weighted by molar-refractivity contribution is 5.84. The molecule has 0 amide bonds. The van der Waals surface area contributed by atoms with Crippen LogP contribution in [0.3, 0.4) is 0 Å². The lowest BCUT2D eigenvalue weighted by Crippen LogP contribution is -2.27. The molecule has 58 heavy (non-hydrogen) atoms. The molecular weight excluding hydrogens is 778 g/mol. The predicted molar refractivity (Wildman–Crippen MR) is 192 cm³/mol. The second kappa shape index (κ2) is 17.8. The molecule has 6 heterocycles. The number of ether oxygens (including phenoxy) is 1. The van der Waals surface area contributed by atoms with Crippen molar-refractivity contribution in [1.82, 2.24) is 29.5 Å². The number of hydrogen-bond donors (Lipinski definition) is 1. The van der Waals surface area contributed by atoms with Gasteiger partial charge in [0.25, 0.3) is 0 Å². The van der Waals surface area contributed by atoms with Crippen LogP contribution in [0.1, 0.15) is 29.8 Å². The van der Waals surface area contributed by atoms with Crippen LogP contribution in [0, 0.1) is 58.9 Å². The van der Waals surface area contributed by atoms with Crippen LogP contribution in [0.2, 0.25) is 0 Å². The summed E-state index contributed by atoms with van der Waals surface area (Å²) in [7, 11) is 1.36. The molecule has 0 radical (unpaired) electrons. The summed E-state index contributed by atoms with van der Waals surface area (Å²) >= 11 is 0. The van der Waals surface area contributed by atoms with Crippen molar-refractivity contribution < 1.29 is 49.4 Å². The molecule has 10 nitrogen and oxygen atoms in total. The molecular formula is C40H33F8N7O3. The summed E-state index contributed by atoms with van der Waals surface area (Å²) in [5, 5.41) is 8.46. The van der Waals surface area contributed by atoms with Gasteiger partial charge in [0.2, 0.25) is 23.8 Å². The first-order valence-electron chi connectivity index (χ1n) is 17.7. The van der Waals surface area contributed by atoms with Crippen LogP contribution in [-0.2, 0) is 46.7 Å². The Bertz CT molecular complexity index is 2400. The third-order valence-electron chi connectivity index (χ3n) is 9.57. The minimum absolute atomic E-state index is 0.0417. The number of pyridine rings is 2. The fraction of sp³-hybridized carbons (Fsp3) is 0.250. The Morgan fingerprint density at radius 3 is 1.55 bits per heavy atom. The molecule has 2 N–H and O–H groups in total. The number of hydrogen-bond acceptors (Lipinski definition) is 8. The predicted octanol–water partition coefficient (Wildman–Crippen LogP) is 7.38. The van der Waals surface area contributed by atoms with E-state index in [-0.39, 0.29) is 46.8 Å². The first kappa shape index (κ1) is 41.2. The number of aryl methyl sites for hydroxylation is 2. The molecule has 0 saturated heterocycles. The van der Waals surface area contributed by atoms with E-state index in [9.17, 15) is 44.7 Å². The number of nitrogen functional groups attached to an aromatic ring is 1. The molecule has 0 spiro atoms. The largest absolute Gasteiger partial charge is 0.469 e. The van der Waals surface area contributed by atoms with Gasteiger partial charge < -0.3 is 10.5 Å².